The van der Waals surface area contributed by atoms with Gasteiger partial charge in [0.05, 0.1) is 12.7 Å². The van der Waals surface area contributed by atoms with E-state index in [1.807, 2.05) is 58.2 Å². The van der Waals surface area contributed by atoms with E-state index in [9.17, 15) is 4.79 Å². The van der Waals surface area contributed by atoms with Crippen LogP contribution in [-0.2, 0) is 0 Å². The molecule has 1 unspecified atom stereocenters. The number of ether oxygens (including phenoxy) is 1. The van der Waals surface area contributed by atoms with Crippen molar-refractivity contribution in [3.05, 3.63) is 47.3 Å². The Morgan fingerprint density at radius 1 is 1.26 bits per heavy atom. The Morgan fingerprint density at radius 3 is 2.48 bits per heavy atom. The average Bonchev–Trinajstić information content (AvgIpc) is 2.87. The van der Waals surface area contributed by atoms with E-state index in [1.165, 1.54) is 0 Å². The number of aryl methyl sites for hydroxylation is 1. The summed E-state index contributed by atoms with van der Waals surface area (Å²) in [5.41, 5.74) is 3.69. The molecule has 1 heterocycles. The second-order valence-electron chi connectivity index (χ2n) is 5.72. The monoisotopic (exact) mass is 315 g/mol. The van der Waals surface area contributed by atoms with Crippen LogP contribution >= 0.6 is 0 Å². The van der Waals surface area contributed by atoms with Crippen molar-refractivity contribution in [1.82, 2.24) is 15.2 Å². The number of carbonyl (C=O) groups excluding carboxylic acids is 1. The molecule has 5 nitrogen and oxygen atoms in total. The zero-order valence-electron chi connectivity index (χ0n) is 14.4. The third-order valence-electron chi connectivity index (χ3n) is 4.07. The quantitative estimate of drug-likeness (QED) is 0.861. The molecule has 0 radical (unpaired) electrons. The minimum Gasteiger partial charge on any atom is -0.497 e. The van der Waals surface area contributed by atoms with E-state index < -0.39 is 0 Å². The number of rotatable bonds is 6. The van der Waals surface area contributed by atoms with Crippen LogP contribution in [0.2, 0.25) is 0 Å². The van der Waals surface area contributed by atoms with Crippen molar-refractivity contribution in [3.63, 3.8) is 0 Å². The summed E-state index contributed by atoms with van der Waals surface area (Å²) in [5, 5.41) is 6.07. The molecule has 5 heteroatoms. The van der Waals surface area contributed by atoms with E-state index in [0.717, 1.165) is 22.8 Å². The maximum atomic E-state index is 12.4. The zero-order valence-corrected chi connectivity index (χ0v) is 14.4. The molecule has 124 valence electrons. The van der Waals surface area contributed by atoms with Gasteiger partial charge in [0.25, 0.3) is 5.91 Å². The number of hydrogen-bond donors (Lipinski definition) is 2. The molecule has 0 fully saturated rings. The molecule has 23 heavy (non-hydrogen) atoms. The molecule has 1 amide bonds. The van der Waals surface area contributed by atoms with Gasteiger partial charge >= 0.3 is 0 Å². The van der Waals surface area contributed by atoms with Crippen molar-refractivity contribution in [2.24, 2.45) is 0 Å². The summed E-state index contributed by atoms with van der Waals surface area (Å²) in [7, 11) is 3.53. The van der Waals surface area contributed by atoms with Crippen LogP contribution in [0.3, 0.4) is 0 Å². The van der Waals surface area contributed by atoms with Gasteiger partial charge in [-0.3, -0.25) is 4.79 Å². The van der Waals surface area contributed by atoms with Gasteiger partial charge in [-0.05, 0) is 58.2 Å². The number of methoxy groups -OCH3 is 1. The van der Waals surface area contributed by atoms with Crippen LogP contribution in [0.4, 0.5) is 0 Å². The molecular formula is C18H25N3O2. The lowest BCUT2D eigenvalue weighted by atomic mass is 10.2. The van der Waals surface area contributed by atoms with Gasteiger partial charge in [0, 0.05) is 29.7 Å². The van der Waals surface area contributed by atoms with Gasteiger partial charge in [-0.2, -0.15) is 0 Å². The number of likely N-dealkylation sites (N-methyl/N-ethyl adjacent to an activating group) is 1. The highest BCUT2D eigenvalue weighted by Gasteiger charge is 2.16. The molecular weight excluding hydrogens is 290 g/mol. The molecule has 2 N–H and O–H groups in total. The summed E-state index contributed by atoms with van der Waals surface area (Å²) in [6.07, 6.45) is 0. The number of amides is 1. The number of nitrogens with one attached hydrogen (secondary N) is 2. The fraction of sp³-hybridized carbons (Fsp3) is 0.389. The molecule has 0 aliphatic heterocycles. The molecule has 1 aromatic heterocycles. The predicted molar refractivity (Wildman–Crippen MR) is 92.6 cm³/mol. The van der Waals surface area contributed by atoms with Crippen molar-refractivity contribution in [1.29, 1.82) is 0 Å². The maximum absolute atomic E-state index is 12.4. The number of hydrogen-bond acceptors (Lipinski definition) is 3. The van der Waals surface area contributed by atoms with Crippen LogP contribution in [0.25, 0.3) is 5.69 Å². The SMILES string of the molecule is CNC(C)CNC(=O)c1cc(C)n(-c2ccc(OC)cc2)c1C. The van der Waals surface area contributed by atoms with Crippen LogP contribution in [0.15, 0.2) is 30.3 Å². The van der Waals surface area contributed by atoms with Crippen molar-refractivity contribution >= 4 is 5.91 Å². The number of nitrogens with zero attached hydrogens (tertiary/aromatic N) is 1. The molecule has 1 atom stereocenters. The first-order valence-electron chi connectivity index (χ1n) is 7.76. The third-order valence-corrected chi connectivity index (χ3v) is 4.07. The van der Waals surface area contributed by atoms with E-state index in [1.54, 1.807) is 7.11 Å². The van der Waals surface area contributed by atoms with Gasteiger partial charge in [0.2, 0.25) is 0 Å². The van der Waals surface area contributed by atoms with Crippen molar-refractivity contribution in [2.45, 2.75) is 26.8 Å². The minimum absolute atomic E-state index is 0.0417. The molecule has 0 spiro atoms. The van der Waals surface area contributed by atoms with Gasteiger partial charge < -0.3 is 19.9 Å². The molecule has 0 saturated carbocycles. The van der Waals surface area contributed by atoms with Gasteiger partial charge in [0.1, 0.15) is 5.75 Å². The lowest BCUT2D eigenvalue weighted by Gasteiger charge is -2.12. The molecule has 0 bridgehead atoms. The molecule has 2 rings (SSSR count). The lowest BCUT2D eigenvalue weighted by molar-refractivity contribution is 0.0950. The fourth-order valence-electron chi connectivity index (χ4n) is 2.56. The van der Waals surface area contributed by atoms with Gasteiger partial charge in [0.15, 0.2) is 0 Å². The topological polar surface area (TPSA) is 55.3 Å². The fourth-order valence-corrected chi connectivity index (χ4v) is 2.56. The number of aromatic nitrogens is 1. The van der Waals surface area contributed by atoms with Crippen molar-refractivity contribution < 1.29 is 9.53 Å². The Labute approximate surface area is 137 Å². The smallest absolute Gasteiger partial charge is 0.253 e. The second kappa shape index (κ2) is 7.33. The van der Waals surface area contributed by atoms with E-state index in [4.69, 9.17) is 4.74 Å². The first-order chi connectivity index (χ1) is 11.0. The Kier molecular flexibility index (Phi) is 5.45. The Balaban J connectivity index is 2.26. The predicted octanol–water partition coefficient (Wildman–Crippen LogP) is 2.44. The summed E-state index contributed by atoms with van der Waals surface area (Å²) in [5.74, 6) is 0.773. The molecule has 0 aliphatic carbocycles. The number of carbonyl (C=O) groups is 1. The van der Waals surface area contributed by atoms with Crippen LogP contribution in [0.5, 0.6) is 5.75 Å². The Morgan fingerprint density at radius 2 is 1.91 bits per heavy atom. The standard InChI is InChI=1S/C18H25N3O2/c1-12(19-4)11-20-18(22)17-10-13(2)21(14(17)3)15-6-8-16(23-5)9-7-15/h6-10,12,19H,11H2,1-5H3,(H,20,22). The second-order valence-corrected chi connectivity index (χ2v) is 5.72. The maximum Gasteiger partial charge on any atom is 0.253 e. The summed E-state index contributed by atoms with van der Waals surface area (Å²) < 4.78 is 7.27. The number of benzene rings is 1. The highest BCUT2D eigenvalue weighted by molar-refractivity contribution is 5.95. The van der Waals surface area contributed by atoms with Crippen molar-refractivity contribution in [3.8, 4) is 11.4 Å². The van der Waals surface area contributed by atoms with E-state index in [2.05, 4.69) is 15.2 Å². The molecule has 1 aromatic carbocycles. The minimum atomic E-state index is -0.0417. The van der Waals surface area contributed by atoms with Crippen molar-refractivity contribution in [2.75, 3.05) is 20.7 Å². The molecule has 2 aromatic rings. The normalized spacial score (nSPS) is 12.0. The van der Waals surface area contributed by atoms with Gasteiger partial charge in [-0.25, -0.2) is 0 Å². The van der Waals surface area contributed by atoms with Crippen LogP contribution in [0, 0.1) is 13.8 Å². The molecule has 0 aliphatic rings. The van der Waals surface area contributed by atoms with Gasteiger partial charge in [-0.15, -0.1) is 0 Å². The van der Waals surface area contributed by atoms with E-state index in [0.29, 0.717) is 12.1 Å². The van der Waals surface area contributed by atoms with E-state index >= 15 is 0 Å². The lowest BCUT2D eigenvalue weighted by Crippen LogP contribution is -2.37. The Hall–Kier alpha value is -2.27. The van der Waals surface area contributed by atoms with Crippen LogP contribution in [0.1, 0.15) is 28.7 Å². The van der Waals surface area contributed by atoms with Gasteiger partial charge in [-0.1, -0.05) is 0 Å². The first-order valence-corrected chi connectivity index (χ1v) is 7.76. The van der Waals surface area contributed by atoms with Crippen LogP contribution < -0.4 is 15.4 Å². The summed E-state index contributed by atoms with van der Waals surface area (Å²) >= 11 is 0. The average molecular weight is 315 g/mol. The largest absolute Gasteiger partial charge is 0.497 e. The molecule has 0 saturated heterocycles. The first kappa shape index (κ1) is 17.1. The highest BCUT2D eigenvalue weighted by atomic mass is 16.5. The third kappa shape index (κ3) is 3.74. The van der Waals surface area contributed by atoms with E-state index in [-0.39, 0.29) is 11.9 Å². The van der Waals surface area contributed by atoms with Crippen LogP contribution in [-0.4, -0.2) is 37.2 Å². The highest BCUT2D eigenvalue weighted by Crippen LogP contribution is 2.22. The summed E-state index contributed by atoms with van der Waals surface area (Å²) in [6, 6.07) is 9.99. The summed E-state index contributed by atoms with van der Waals surface area (Å²) in [4.78, 5) is 12.4. The zero-order chi connectivity index (χ0) is 17.0. The summed E-state index contributed by atoms with van der Waals surface area (Å²) in [6.45, 7) is 6.60. The Bertz CT molecular complexity index is 674.